The molecule has 0 aliphatic carbocycles. The van der Waals surface area contributed by atoms with E-state index < -0.39 is 0 Å². The summed E-state index contributed by atoms with van der Waals surface area (Å²) in [4.78, 5) is 0. The Morgan fingerprint density at radius 1 is 0.625 bits per heavy atom. The fraction of sp³-hybridized carbons (Fsp3) is 0.727. The maximum absolute atomic E-state index is 10.3. The maximum Gasteiger partial charge on any atom is 0.0739 e. The van der Waals surface area contributed by atoms with Crippen LogP contribution in [-0.2, 0) is 0 Å². The van der Waals surface area contributed by atoms with Gasteiger partial charge >= 0.3 is 0 Å². The van der Waals surface area contributed by atoms with Gasteiger partial charge in [0.25, 0.3) is 0 Å². The Morgan fingerprint density at radius 2 is 1.00 bits per heavy atom. The summed E-state index contributed by atoms with van der Waals surface area (Å²) in [6.45, 7) is 3.41. The highest BCUT2D eigenvalue weighted by Crippen LogP contribution is 2.12. The van der Waals surface area contributed by atoms with E-state index in [0.29, 0.717) is 0 Å². The van der Waals surface area contributed by atoms with E-state index in [9.17, 15) is 5.11 Å². The van der Waals surface area contributed by atoms with Crippen molar-refractivity contribution in [2.75, 3.05) is 6.54 Å². The quantitative estimate of drug-likeness (QED) is 0.450. The standard InChI is InChI=1S/C16H35N.C6H6O/c1-2-3-4-5-6-7-8-9-10-11-12-13-14-15-16-17;7-6-4-2-1-3-5-6/h2-17H2,1H3;1-5,7H. The van der Waals surface area contributed by atoms with Crippen molar-refractivity contribution in [1.82, 2.24) is 0 Å². The largest absolute Gasteiger partial charge is 0.872 e. The third-order valence-electron chi connectivity index (χ3n) is 4.35. The Balaban J connectivity index is 0.000000620. The lowest BCUT2D eigenvalue weighted by molar-refractivity contribution is -0.368. The number of para-hydroxylation sites is 1. The van der Waals surface area contributed by atoms with Crippen molar-refractivity contribution in [3.63, 3.8) is 0 Å². The lowest BCUT2D eigenvalue weighted by Gasteiger charge is -2.02. The minimum atomic E-state index is 0.0718. The van der Waals surface area contributed by atoms with E-state index in [1.165, 1.54) is 102 Å². The lowest BCUT2D eigenvalue weighted by atomic mass is 10.0. The number of hydrogen-bond acceptors (Lipinski definition) is 1. The van der Waals surface area contributed by atoms with Gasteiger partial charge in [-0.1, -0.05) is 114 Å². The Labute approximate surface area is 150 Å². The fourth-order valence-corrected chi connectivity index (χ4v) is 2.79. The zero-order valence-electron chi connectivity index (χ0n) is 16.1. The molecule has 0 radical (unpaired) electrons. The summed E-state index contributed by atoms with van der Waals surface area (Å²) >= 11 is 0. The molecule has 0 amide bonds. The van der Waals surface area contributed by atoms with E-state index >= 15 is 0 Å². The van der Waals surface area contributed by atoms with Gasteiger partial charge in [0, 0.05) is 0 Å². The molecular formula is C22H41NO. The first-order valence-electron chi connectivity index (χ1n) is 10.3. The van der Waals surface area contributed by atoms with Crippen LogP contribution in [0.5, 0.6) is 5.75 Å². The number of quaternary nitrogens is 1. The monoisotopic (exact) mass is 335 g/mol. The molecule has 0 fully saturated rings. The van der Waals surface area contributed by atoms with Crippen molar-refractivity contribution in [2.45, 2.75) is 96.8 Å². The highest BCUT2D eigenvalue weighted by atomic mass is 16.3. The molecule has 0 aliphatic rings. The molecule has 0 unspecified atom stereocenters. The fourth-order valence-electron chi connectivity index (χ4n) is 2.79. The highest BCUT2D eigenvalue weighted by molar-refractivity contribution is 5.17. The molecular weight excluding hydrogens is 294 g/mol. The van der Waals surface area contributed by atoms with Crippen molar-refractivity contribution in [2.24, 2.45) is 0 Å². The predicted molar refractivity (Wildman–Crippen MR) is 104 cm³/mol. The van der Waals surface area contributed by atoms with Crippen LogP contribution in [0.2, 0.25) is 0 Å². The van der Waals surface area contributed by atoms with Crippen LogP contribution in [0.15, 0.2) is 30.3 Å². The molecule has 0 saturated heterocycles. The number of rotatable bonds is 14. The number of unbranched alkanes of at least 4 members (excludes halogenated alkanes) is 13. The highest BCUT2D eigenvalue weighted by Gasteiger charge is 1.93. The molecule has 1 rings (SSSR count). The smallest absolute Gasteiger partial charge is 0.0739 e. The Hall–Kier alpha value is -1.02. The number of benzene rings is 1. The Kier molecular flexibility index (Phi) is 19.2. The van der Waals surface area contributed by atoms with Crippen molar-refractivity contribution in [3.05, 3.63) is 30.3 Å². The van der Waals surface area contributed by atoms with E-state index in [4.69, 9.17) is 0 Å². The number of hydrogen-bond donors (Lipinski definition) is 1. The van der Waals surface area contributed by atoms with Gasteiger partial charge in [-0.25, -0.2) is 0 Å². The van der Waals surface area contributed by atoms with Crippen molar-refractivity contribution >= 4 is 0 Å². The van der Waals surface area contributed by atoms with E-state index in [1.54, 1.807) is 12.1 Å². The molecule has 3 N–H and O–H groups in total. The van der Waals surface area contributed by atoms with Crippen LogP contribution in [0.4, 0.5) is 0 Å². The first kappa shape index (κ1) is 23.0. The second kappa shape index (κ2) is 20.0. The normalized spacial score (nSPS) is 10.2. The summed E-state index contributed by atoms with van der Waals surface area (Å²) in [5, 5.41) is 10.3. The zero-order chi connectivity index (χ0) is 17.7. The summed E-state index contributed by atoms with van der Waals surface area (Å²) in [5.41, 5.74) is 3.88. The third-order valence-corrected chi connectivity index (χ3v) is 4.35. The topological polar surface area (TPSA) is 50.7 Å². The van der Waals surface area contributed by atoms with Crippen molar-refractivity contribution in [3.8, 4) is 5.75 Å². The van der Waals surface area contributed by atoms with Gasteiger partial charge in [0.1, 0.15) is 0 Å². The van der Waals surface area contributed by atoms with E-state index in [2.05, 4.69) is 12.7 Å². The van der Waals surface area contributed by atoms with Crippen molar-refractivity contribution in [1.29, 1.82) is 0 Å². The molecule has 140 valence electrons. The minimum absolute atomic E-state index is 0.0718. The average Bonchev–Trinajstić information content (AvgIpc) is 2.60. The molecule has 0 aliphatic heterocycles. The summed E-state index contributed by atoms with van der Waals surface area (Å²) in [5.74, 6) is 0.0718. The minimum Gasteiger partial charge on any atom is -0.872 e. The summed E-state index contributed by atoms with van der Waals surface area (Å²) in [6, 6.07) is 8.33. The van der Waals surface area contributed by atoms with Crippen LogP contribution >= 0.6 is 0 Å². The molecule has 0 atom stereocenters. The summed E-state index contributed by atoms with van der Waals surface area (Å²) in [7, 11) is 0. The first-order valence-corrected chi connectivity index (χ1v) is 10.3. The molecule has 1 aromatic rings. The summed E-state index contributed by atoms with van der Waals surface area (Å²) in [6.07, 6.45) is 20.2. The van der Waals surface area contributed by atoms with E-state index in [1.807, 2.05) is 6.07 Å². The van der Waals surface area contributed by atoms with Gasteiger partial charge in [0.05, 0.1) is 6.54 Å². The van der Waals surface area contributed by atoms with Crippen LogP contribution in [0.25, 0.3) is 0 Å². The van der Waals surface area contributed by atoms with E-state index in [-0.39, 0.29) is 5.75 Å². The van der Waals surface area contributed by atoms with Gasteiger partial charge < -0.3 is 10.8 Å². The van der Waals surface area contributed by atoms with Crippen molar-refractivity contribution < 1.29 is 10.8 Å². The lowest BCUT2D eigenvalue weighted by Crippen LogP contribution is -2.50. The van der Waals surface area contributed by atoms with Gasteiger partial charge in [-0.2, -0.15) is 0 Å². The third kappa shape index (κ3) is 19.0. The molecule has 24 heavy (non-hydrogen) atoms. The maximum atomic E-state index is 10.3. The predicted octanol–water partition coefficient (Wildman–Crippen LogP) is 5.47. The van der Waals surface area contributed by atoms with Gasteiger partial charge in [0.2, 0.25) is 0 Å². The zero-order valence-corrected chi connectivity index (χ0v) is 16.1. The summed E-state index contributed by atoms with van der Waals surface area (Å²) < 4.78 is 0. The average molecular weight is 336 g/mol. The van der Waals surface area contributed by atoms with Gasteiger partial charge in [-0.15, -0.1) is 5.75 Å². The van der Waals surface area contributed by atoms with Crippen LogP contribution in [-0.4, -0.2) is 6.54 Å². The first-order chi connectivity index (χ1) is 11.8. The molecule has 0 saturated carbocycles. The molecule has 0 spiro atoms. The Bertz CT molecular complexity index is 312. The Morgan fingerprint density at radius 3 is 1.29 bits per heavy atom. The van der Waals surface area contributed by atoms with Gasteiger partial charge in [-0.05, 0) is 12.8 Å². The molecule has 0 bridgehead atoms. The molecule has 2 heteroatoms. The van der Waals surface area contributed by atoms with Crippen LogP contribution in [0.3, 0.4) is 0 Å². The second-order valence-corrected chi connectivity index (χ2v) is 6.76. The van der Waals surface area contributed by atoms with Crippen LogP contribution in [0, 0.1) is 0 Å². The molecule has 1 aromatic carbocycles. The molecule has 0 heterocycles. The second-order valence-electron chi connectivity index (χ2n) is 6.76. The van der Waals surface area contributed by atoms with Gasteiger partial charge in [-0.3, -0.25) is 0 Å². The van der Waals surface area contributed by atoms with Crippen LogP contribution in [0.1, 0.15) is 96.8 Å². The SMILES string of the molecule is CCCCCCCCCCCCCCCC[NH3+].[O-]c1ccccc1. The molecule has 2 nitrogen and oxygen atoms in total. The van der Waals surface area contributed by atoms with E-state index in [0.717, 1.165) is 6.54 Å². The molecule has 0 aromatic heterocycles. The van der Waals surface area contributed by atoms with Gasteiger partial charge in [0.15, 0.2) is 0 Å². The van der Waals surface area contributed by atoms with Crippen LogP contribution < -0.4 is 10.8 Å².